The second kappa shape index (κ2) is 7.11. The Morgan fingerprint density at radius 2 is 1.92 bits per heavy atom. The van der Waals surface area contributed by atoms with Crippen LogP contribution >= 0.6 is 0 Å². The maximum absolute atomic E-state index is 12.2. The fourth-order valence-electron chi connectivity index (χ4n) is 2.56. The van der Waals surface area contributed by atoms with E-state index in [0.717, 1.165) is 4.57 Å². The van der Waals surface area contributed by atoms with Crippen LogP contribution in [0.3, 0.4) is 0 Å². The van der Waals surface area contributed by atoms with Crippen molar-refractivity contribution in [2.75, 3.05) is 11.9 Å². The van der Waals surface area contributed by atoms with Gasteiger partial charge < -0.3 is 25.4 Å². The number of nitrogens with one attached hydrogen (secondary N) is 1. The number of ether oxygens (including phenoxy) is 1. The number of rotatable bonds is 4. The van der Waals surface area contributed by atoms with Gasteiger partial charge in [0.1, 0.15) is 24.1 Å². The van der Waals surface area contributed by atoms with Gasteiger partial charge in [0.05, 0.1) is 6.61 Å². The Kier molecular flexibility index (Phi) is 4.91. The molecule has 4 atom stereocenters. The molecule has 0 bridgehead atoms. The van der Waals surface area contributed by atoms with Crippen molar-refractivity contribution in [2.45, 2.75) is 24.5 Å². The highest BCUT2D eigenvalue weighted by molar-refractivity contribution is 6.03. The Bertz CT molecular complexity index is 809. The minimum absolute atomic E-state index is 0.0434. The third kappa shape index (κ3) is 3.44. The van der Waals surface area contributed by atoms with Crippen molar-refractivity contribution in [3.05, 3.63) is 58.6 Å². The van der Waals surface area contributed by atoms with Crippen molar-refractivity contribution < 1.29 is 24.9 Å². The number of hydrogen-bond acceptors (Lipinski definition) is 7. The van der Waals surface area contributed by atoms with Crippen molar-refractivity contribution >= 4 is 11.7 Å². The van der Waals surface area contributed by atoms with Gasteiger partial charge in [-0.15, -0.1) is 0 Å². The molecule has 25 heavy (non-hydrogen) atoms. The molecule has 9 heteroatoms. The van der Waals surface area contributed by atoms with Crippen LogP contribution in [0.4, 0.5) is 5.82 Å². The number of hydrogen-bond donors (Lipinski definition) is 4. The number of carbonyl (C=O) groups is 1. The second-order valence-electron chi connectivity index (χ2n) is 5.55. The number of nitrogens with zero attached hydrogens (tertiary/aromatic N) is 2. The van der Waals surface area contributed by atoms with Gasteiger partial charge in [-0.3, -0.25) is 9.36 Å². The van der Waals surface area contributed by atoms with E-state index in [1.807, 2.05) is 0 Å². The molecule has 2 aromatic rings. The summed E-state index contributed by atoms with van der Waals surface area (Å²) < 4.78 is 6.27. The van der Waals surface area contributed by atoms with Crippen LogP contribution in [0.25, 0.3) is 0 Å². The molecule has 1 aromatic carbocycles. The van der Waals surface area contributed by atoms with Crippen LogP contribution < -0.4 is 11.0 Å². The second-order valence-corrected chi connectivity index (χ2v) is 5.55. The summed E-state index contributed by atoms with van der Waals surface area (Å²) >= 11 is 0. The fourth-order valence-corrected chi connectivity index (χ4v) is 2.56. The number of aromatic nitrogens is 2. The minimum Gasteiger partial charge on any atom is -0.394 e. The maximum atomic E-state index is 12.2. The predicted octanol–water partition coefficient (Wildman–Crippen LogP) is -0.893. The van der Waals surface area contributed by atoms with E-state index in [9.17, 15) is 19.8 Å². The highest BCUT2D eigenvalue weighted by Crippen LogP contribution is 2.28. The van der Waals surface area contributed by atoms with Crippen LogP contribution in [-0.4, -0.2) is 55.7 Å². The zero-order valence-electron chi connectivity index (χ0n) is 13.0. The molecular formula is C16H17N3O6. The first kappa shape index (κ1) is 17.2. The Labute approximate surface area is 142 Å². The van der Waals surface area contributed by atoms with Gasteiger partial charge in [0.25, 0.3) is 5.91 Å². The number of amides is 1. The van der Waals surface area contributed by atoms with Crippen molar-refractivity contribution in [1.82, 2.24) is 9.55 Å². The van der Waals surface area contributed by atoms with E-state index in [2.05, 4.69) is 10.3 Å². The number of anilines is 1. The van der Waals surface area contributed by atoms with Crippen LogP contribution in [0.1, 0.15) is 16.6 Å². The topological polar surface area (TPSA) is 134 Å². The molecule has 0 saturated carbocycles. The summed E-state index contributed by atoms with van der Waals surface area (Å²) in [7, 11) is 0. The lowest BCUT2D eigenvalue weighted by molar-refractivity contribution is -0.0549. The van der Waals surface area contributed by atoms with Crippen LogP contribution in [0, 0.1) is 0 Å². The van der Waals surface area contributed by atoms with Gasteiger partial charge in [-0.2, -0.15) is 4.98 Å². The summed E-state index contributed by atoms with van der Waals surface area (Å²) in [5.74, 6) is -0.375. The number of aliphatic hydroxyl groups excluding tert-OH is 3. The zero-order valence-corrected chi connectivity index (χ0v) is 13.0. The molecule has 0 spiro atoms. The zero-order chi connectivity index (χ0) is 18.0. The Hall–Kier alpha value is -2.59. The lowest BCUT2D eigenvalue weighted by Gasteiger charge is -2.17. The first-order valence-electron chi connectivity index (χ1n) is 7.59. The quantitative estimate of drug-likeness (QED) is 0.563. The maximum Gasteiger partial charge on any atom is 0.351 e. The molecule has 1 amide bonds. The molecule has 1 fully saturated rings. The number of aliphatic hydroxyl groups is 3. The van der Waals surface area contributed by atoms with Gasteiger partial charge in [0.15, 0.2) is 6.23 Å². The van der Waals surface area contributed by atoms with E-state index in [0.29, 0.717) is 5.56 Å². The van der Waals surface area contributed by atoms with E-state index in [4.69, 9.17) is 9.84 Å². The molecule has 1 aliphatic heterocycles. The Balaban J connectivity index is 1.78. The standard InChI is InChI=1S/C16H17N3O6/c20-8-10-12(21)13(22)15(25-10)19-7-6-11(18-16(19)24)17-14(23)9-4-2-1-3-5-9/h1-7,10,12-13,15,20-22H,8H2,(H,17,18,23,24)/t10-,12-,13-,15+/m0/s1. The smallest absolute Gasteiger partial charge is 0.351 e. The third-order valence-corrected chi connectivity index (χ3v) is 3.90. The predicted molar refractivity (Wildman–Crippen MR) is 85.9 cm³/mol. The van der Waals surface area contributed by atoms with Crippen molar-refractivity contribution in [1.29, 1.82) is 0 Å². The molecule has 4 N–H and O–H groups in total. The van der Waals surface area contributed by atoms with Gasteiger partial charge in [-0.25, -0.2) is 4.79 Å². The summed E-state index contributed by atoms with van der Waals surface area (Å²) in [4.78, 5) is 27.9. The van der Waals surface area contributed by atoms with E-state index in [1.54, 1.807) is 30.3 Å². The molecule has 0 aliphatic carbocycles. The highest BCUT2D eigenvalue weighted by Gasteiger charge is 2.43. The van der Waals surface area contributed by atoms with E-state index >= 15 is 0 Å². The van der Waals surface area contributed by atoms with Gasteiger partial charge in [-0.1, -0.05) is 18.2 Å². The van der Waals surface area contributed by atoms with Crippen LogP contribution in [-0.2, 0) is 4.74 Å². The monoisotopic (exact) mass is 347 g/mol. The van der Waals surface area contributed by atoms with Crippen LogP contribution in [0.15, 0.2) is 47.4 Å². The third-order valence-electron chi connectivity index (χ3n) is 3.90. The van der Waals surface area contributed by atoms with Crippen LogP contribution in [0.5, 0.6) is 0 Å². The Morgan fingerprint density at radius 3 is 2.52 bits per heavy atom. The van der Waals surface area contributed by atoms with E-state index < -0.39 is 42.7 Å². The number of benzene rings is 1. The summed E-state index contributed by atoms with van der Waals surface area (Å²) in [5.41, 5.74) is -0.363. The molecule has 0 unspecified atom stereocenters. The van der Waals surface area contributed by atoms with E-state index in [-0.39, 0.29) is 5.82 Å². The summed E-state index contributed by atoms with van der Waals surface area (Å²) in [5, 5.41) is 31.3. The molecule has 3 rings (SSSR count). The highest BCUT2D eigenvalue weighted by atomic mass is 16.6. The molecule has 0 radical (unpaired) electrons. The van der Waals surface area contributed by atoms with Crippen molar-refractivity contribution in [3.8, 4) is 0 Å². The first-order valence-corrected chi connectivity index (χ1v) is 7.59. The molecule has 1 aromatic heterocycles. The molecule has 132 valence electrons. The van der Waals surface area contributed by atoms with Gasteiger partial charge in [0.2, 0.25) is 0 Å². The Morgan fingerprint density at radius 1 is 1.20 bits per heavy atom. The molecule has 2 heterocycles. The lowest BCUT2D eigenvalue weighted by Crippen LogP contribution is -2.36. The fraction of sp³-hybridized carbons (Fsp3) is 0.312. The number of carbonyl (C=O) groups excluding carboxylic acids is 1. The summed E-state index contributed by atoms with van der Waals surface area (Å²) in [6, 6.07) is 9.81. The average Bonchev–Trinajstić information content (AvgIpc) is 2.91. The minimum atomic E-state index is -1.39. The van der Waals surface area contributed by atoms with Crippen molar-refractivity contribution in [2.24, 2.45) is 0 Å². The van der Waals surface area contributed by atoms with Gasteiger partial charge in [-0.05, 0) is 18.2 Å². The summed E-state index contributed by atoms with van der Waals surface area (Å²) in [6.45, 7) is -0.498. The first-order chi connectivity index (χ1) is 12.0. The van der Waals surface area contributed by atoms with Crippen molar-refractivity contribution in [3.63, 3.8) is 0 Å². The summed E-state index contributed by atoms with van der Waals surface area (Å²) in [6.07, 6.45) is -3.59. The van der Waals surface area contributed by atoms with Gasteiger partial charge >= 0.3 is 5.69 Å². The molecule has 1 aliphatic rings. The SMILES string of the molecule is O=C(Nc1ccn([C@@H]2O[C@@H](CO)[C@H](O)[C@@H]2O)c(=O)n1)c1ccccc1. The average molecular weight is 347 g/mol. The van der Waals surface area contributed by atoms with E-state index in [1.165, 1.54) is 12.3 Å². The van der Waals surface area contributed by atoms with Gasteiger partial charge in [0, 0.05) is 11.8 Å². The molecular weight excluding hydrogens is 330 g/mol. The normalized spacial score (nSPS) is 25.7. The molecule has 9 nitrogen and oxygen atoms in total. The lowest BCUT2D eigenvalue weighted by atomic mass is 10.1. The molecule has 1 saturated heterocycles. The van der Waals surface area contributed by atoms with Crippen LogP contribution in [0.2, 0.25) is 0 Å². The largest absolute Gasteiger partial charge is 0.394 e.